The van der Waals surface area contributed by atoms with E-state index < -0.39 is 5.38 Å². The maximum absolute atomic E-state index is 11.4. The lowest BCUT2D eigenvalue weighted by atomic mass is 9.86. The molecule has 4 unspecified atom stereocenters. The molecule has 0 aromatic rings. The Morgan fingerprint density at radius 2 is 2.29 bits per heavy atom. The molecule has 2 N–H and O–H groups in total. The topological polar surface area (TPSA) is 41.1 Å². The summed E-state index contributed by atoms with van der Waals surface area (Å²) >= 11 is 5.71. The number of rotatable bonds is 2. The molecule has 14 heavy (non-hydrogen) atoms. The van der Waals surface area contributed by atoms with Crippen molar-refractivity contribution in [3.8, 4) is 0 Å². The molecule has 0 spiro atoms. The predicted octanol–water partition coefficient (Wildman–Crippen LogP) is 0.870. The lowest BCUT2D eigenvalue weighted by molar-refractivity contribution is -0.121. The van der Waals surface area contributed by atoms with Gasteiger partial charge in [-0.25, -0.2) is 0 Å². The van der Waals surface area contributed by atoms with Crippen molar-refractivity contribution in [1.82, 2.24) is 10.6 Å². The molecule has 80 valence electrons. The van der Waals surface area contributed by atoms with Gasteiger partial charge < -0.3 is 10.6 Å². The van der Waals surface area contributed by atoms with Gasteiger partial charge in [-0.2, -0.15) is 0 Å². The van der Waals surface area contributed by atoms with Gasteiger partial charge in [0.05, 0.1) is 0 Å². The minimum Gasteiger partial charge on any atom is -0.352 e. The smallest absolute Gasteiger partial charge is 0.237 e. The van der Waals surface area contributed by atoms with E-state index >= 15 is 0 Å². The number of carbonyl (C=O) groups is 1. The minimum absolute atomic E-state index is 0.0297. The first-order valence-corrected chi connectivity index (χ1v) is 5.76. The monoisotopic (exact) mass is 216 g/mol. The second-order valence-electron chi connectivity index (χ2n) is 4.50. The van der Waals surface area contributed by atoms with Crippen molar-refractivity contribution in [3.05, 3.63) is 0 Å². The average molecular weight is 217 g/mol. The van der Waals surface area contributed by atoms with Gasteiger partial charge in [0.1, 0.15) is 5.38 Å². The summed E-state index contributed by atoms with van der Waals surface area (Å²) < 4.78 is 0. The minimum atomic E-state index is -0.414. The van der Waals surface area contributed by atoms with E-state index in [0.717, 1.165) is 25.3 Å². The van der Waals surface area contributed by atoms with Gasteiger partial charge in [0.15, 0.2) is 0 Å². The summed E-state index contributed by atoms with van der Waals surface area (Å²) in [4.78, 5) is 11.4. The lowest BCUT2D eigenvalue weighted by Gasteiger charge is -2.28. The van der Waals surface area contributed by atoms with Crippen LogP contribution in [0, 0.1) is 5.92 Å². The van der Waals surface area contributed by atoms with Crippen LogP contribution >= 0.6 is 11.6 Å². The Hall–Kier alpha value is -0.280. The summed E-state index contributed by atoms with van der Waals surface area (Å²) in [6.07, 6.45) is 3.45. The van der Waals surface area contributed by atoms with Crippen molar-refractivity contribution in [3.63, 3.8) is 0 Å². The van der Waals surface area contributed by atoms with Crippen molar-refractivity contribution in [2.24, 2.45) is 5.92 Å². The number of alkyl halides is 1. The predicted molar refractivity (Wildman–Crippen MR) is 56.4 cm³/mol. The molecule has 2 aliphatic rings. The van der Waals surface area contributed by atoms with Gasteiger partial charge in [0.25, 0.3) is 0 Å². The highest BCUT2D eigenvalue weighted by atomic mass is 35.5. The van der Waals surface area contributed by atoms with Crippen LogP contribution in [-0.4, -0.2) is 29.9 Å². The zero-order valence-corrected chi connectivity index (χ0v) is 9.18. The zero-order valence-electron chi connectivity index (χ0n) is 8.42. The molecule has 0 aromatic carbocycles. The van der Waals surface area contributed by atoms with Crippen molar-refractivity contribution >= 4 is 17.5 Å². The summed E-state index contributed by atoms with van der Waals surface area (Å²) in [5, 5.41) is 6.06. The van der Waals surface area contributed by atoms with Crippen LogP contribution in [0.1, 0.15) is 26.2 Å². The van der Waals surface area contributed by atoms with Crippen LogP contribution in [0.3, 0.4) is 0 Å². The normalized spacial score (nSPS) is 38.0. The highest BCUT2D eigenvalue weighted by molar-refractivity contribution is 6.30. The van der Waals surface area contributed by atoms with Crippen LogP contribution in [0.25, 0.3) is 0 Å². The van der Waals surface area contributed by atoms with Gasteiger partial charge in [0.2, 0.25) is 5.91 Å². The molecule has 1 aliphatic heterocycles. The number of fused-ring (bicyclic) bond motifs is 2. The molecule has 4 heteroatoms. The highest BCUT2D eigenvalue weighted by Crippen LogP contribution is 2.29. The van der Waals surface area contributed by atoms with Gasteiger partial charge in [-0.3, -0.25) is 4.79 Å². The molecule has 1 amide bonds. The Morgan fingerprint density at radius 1 is 1.50 bits per heavy atom. The van der Waals surface area contributed by atoms with E-state index in [1.807, 2.05) is 0 Å². The number of amides is 1. The largest absolute Gasteiger partial charge is 0.352 e. The Bertz CT molecular complexity index is 220. The van der Waals surface area contributed by atoms with Gasteiger partial charge in [-0.15, -0.1) is 11.6 Å². The molecule has 1 heterocycles. The molecular weight excluding hydrogens is 200 g/mol. The van der Waals surface area contributed by atoms with E-state index in [1.54, 1.807) is 6.92 Å². The van der Waals surface area contributed by atoms with Crippen LogP contribution in [0.2, 0.25) is 0 Å². The average Bonchev–Trinajstić information content (AvgIpc) is 2.45. The summed E-state index contributed by atoms with van der Waals surface area (Å²) in [5.41, 5.74) is 0. The second kappa shape index (κ2) is 4.07. The van der Waals surface area contributed by atoms with Crippen LogP contribution in [0.5, 0.6) is 0 Å². The van der Waals surface area contributed by atoms with Crippen molar-refractivity contribution in [2.45, 2.75) is 43.6 Å². The third-order valence-corrected chi connectivity index (χ3v) is 3.41. The first-order valence-electron chi connectivity index (χ1n) is 5.33. The number of nitrogens with one attached hydrogen (secondary N) is 2. The molecular formula is C10H17ClN2O. The fourth-order valence-corrected chi connectivity index (χ4v) is 2.60. The fraction of sp³-hybridized carbons (Fsp3) is 0.900. The SMILES string of the molecule is CC(Cl)C(=O)NC1CC2CNC(C2)C1. The van der Waals surface area contributed by atoms with E-state index in [2.05, 4.69) is 10.6 Å². The fourth-order valence-electron chi connectivity index (χ4n) is 2.54. The first-order chi connectivity index (χ1) is 6.65. The van der Waals surface area contributed by atoms with Gasteiger partial charge >= 0.3 is 0 Å². The molecule has 2 fully saturated rings. The molecule has 1 saturated carbocycles. The Morgan fingerprint density at radius 3 is 2.93 bits per heavy atom. The van der Waals surface area contributed by atoms with Crippen molar-refractivity contribution in [2.75, 3.05) is 6.54 Å². The van der Waals surface area contributed by atoms with E-state index in [4.69, 9.17) is 11.6 Å². The number of hydrogen-bond acceptors (Lipinski definition) is 2. The first kappa shape index (κ1) is 10.2. The van der Waals surface area contributed by atoms with Crippen molar-refractivity contribution < 1.29 is 4.79 Å². The molecule has 0 radical (unpaired) electrons. The van der Waals surface area contributed by atoms with Gasteiger partial charge in [0, 0.05) is 12.1 Å². The third-order valence-electron chi connectivity index (χ3n) is 3.21. The second-order valence-corrected chi connectivity index (χ2v) is 5.15. The van der Waals surface area contributed by atoms with Crippen LogP contribution in [0.4, 0.5) is 0 Å². The number of hydrogen-bond donors (Lipinski definition) is 2. The number of carbonyl (C=O) groups excluding carboxylic acids is 1. The number of halogens is 1. The van der Waals surface area contributed by atoms with Crippen molar-refractivity contribution in [1.29, 1.82) is 0 Å². The maximum Gasteiger partial charge on any atom is 0.237 e. The van der Waals surface area contributed by atoms with E-state index in [1.165, 1.54) is 6.42 Å². The maximum atomic E-state index is 11.4. The molecule has 0 aromatic heterocycles. The molecule has 2 rings (SSSR count). The van der Waals surface area contributed by atoms with Crippen LogP contribution < -0.4 is 10.6 Å². The Balaban J connectivity index is 1.85. The molecule has 1 aliphatic carbocycles. The van der Waals surface area contributed by atoms with E-state index in [0.29, 0.717) is 12.1 Å². The summed E-state index contributed by atoms with van der Waals surface area (Å²) in [7, 11) is 0. The van der Waals surface area contributed by atoms with Crippen LogP contribution in [0.15, 0.2) is 0 Å². The third kappa shape index (κ3) is 2.20. The molecule has 4 atom stereocenters. The zero-order chi connectivity index (χ0) is 10.1. The van der Waals surface area contributed by atoms with Gasteiger partial charge in [-0.05, 0) is 38.6 Å². The van der Waals surface area contributed by atoms with Gasteiger partial charge in [-0.1, -0.05) is 0 Å². The highest BCUT2D eigenvalue weighted by Gasteiger charge is 2.34. The lowest BCUT2D eigenvalue weighted by Crippen LogP contribution is -2.43. The molecule has 3 nitrogen and oxygen atoms in total. The summed E-state index contributed by atoms with van der Waals surface area (Å²) in [6, 6.07) is 0.951. The van der Waals surface area contributed by atoms with E-state index in [9.17, 15) is 4.79 Å². The van der Waals surface area contributed by atoms with E-state index in [-0.39, 0.29) is 5.91 Å². The standard InChI is InChI=1S/C10H17ClN2O/c1-6(11)10(14)13-9-3-7-2-8(4-9)12-5-7/h6-9,12H,2-5H2,1H3,(H,13,14). The Kier molecular flexibility index (Phi) is 2.98. The van der Waals surface area contributed by atoms with Crippen LogP contribution in [-0.2, 0) is 4.79 Å². The Labute approximate surface area is 89.6 Å². The molecule has 1 saturated heterocycles. The summed E-state index contributed by atoms with van der Waals surface area (Å²) in [6.45, 7) is 2.83. The quantitative estimate of drug-likeness (QED) is 0.673. The summed E-state index contributed by atoms with van der Waals surface area (Å²) in [5.74, 6) is 0.725. The molecule has 2 bridgehead atoms.